The molecule has 0 radical (unpaired) electrons. The maximum atomic E-state index is 12.4. The zero-order valence-electron chi connectivity index (χ0n) is 10.3. The average molecular weight is 237 g/mol. The Morgan fingerprint density at radius 3 is 3.18 bits per heavy atom. The molecule has 2 heterocycles. The molecule has 1 aliphatic rings. The van der Waals surface area contributed by atoms with Gasteiger partial charge in [-0.2, -0.15) is 0 Å². The molecular weight excluding hydrogens is 218 g/mol. The number of carbonyl (C=O) groups excluding carboxylic acids is 1. The fourth-order valence-electron chi connectivity index (χ4n) is 2.22. The van der Waals surface area contributed by atoms with Gasteiger partial charge in [0.05, 0.1) is 19.1 Å². The lowest BCUT2D eigenvalue weighted by atomic mass is 9.98. The third-order valence-corrected chi connectivity index (χ3v) is 3.19. The number of nitrogens with one attached hydrogen (secondary N) is 1. The van der Waals surface area contributed by atoms with Crippen molar-refractivity contribution in [2.75, 3.05) is 20.3 Å². The van der Waals surface area contributed by atoms with Gasteiger partial charge < -0.3 is 14.6 Å². The SMILES string of the molecule is CCCn1ccnc1C(=O)C1COCC1NC. The van der Waals surface area contributed by atoms with Gasteiger partial charge in [-0.1, -0.05) is 6.92 Å². The molecule has 1 fully saturated rings. The normalized spacial score (nSPS) is 24.1. The quantitative estimate of drug-likeness (QED) is 0.766. The Labute approximate surface area is 101 Å². The first-order chi connectivity index (χ1) is 8.27. The summed E-state index contributed by atoms with van der Waals surface area (Å²) in [5, 5.41) is 3.13. The molecule has 1 aromatic rings. The topological polar surface area (TPSA) is 56.2 Å². The van der Waals surface area contributed by atoms with E-state index in [1.165, 1.54) is 0 Å². The van der Waals surface area contributed by atoms with Crippen LogP contribution in [0.4, 0.5) is 0 Å². The van der Waals surface area contributed by atoms with Crippen LogP contribution in [0.1, 0.15) is 24.0 Å². The summed E-state index contributed by atoms with van der Waals surface area (Å²) in [6, 6.07) is 0.106. The molecule has 0 spiro atoms. The number of carbonyl (C=O) groups is 1. The second kappa shape index (κ2) is 5.42. The highest BCUT2D eigenvalue weighted by atomic mass is 16.5. The molecule has 0 aliphatic carbocycles. The van der Waals surface area contributed by atoms with Crippen molar-refractivity contribution in [2.24, 2.45) is 5.92 Å². The van der Waals surface area contributed by atoms with Gasteiger partial charge in [-0.25, -0.2) is 4.98 Å². The van der Waals surface area contributed by atoms with Gasteiger partial charge in [0.15, 0.2) is 5.82 Å². The zero-order valence-corrected chi connectivity index (χ0v) is 10.3. The average Bonchev–Trinajstić information content (AvgIpc) is 2.96. The van der Waals surface area contributed by atoms with E-state index in [0.29, 0.717) is 19.0 Å². The van der Waals surface area contributed by atoms with E-state index >= 15 is 0 Å². The molecule has 2 atom stereocenters. The number of rotatable bonds is 5. The van der Waals surface area contributed by atoms with Gasteiger partial charge in [-0.15, -0.1) is 0 Å². The summed E-state index contributed by atoms with van der Waals surface area (Å²) in [4.78, 5) is 16.5. The van der Waals surface area contributed by atoms with Gasteiger partial charge in [0.25, 0.3) is 0 Å². The predicted molar refractivity (Wildman–Crippen MR) is 64.0 cm³/mol. The summed E-state index contributed by atoms with van der Waals surface area (Å²) < 4.78 is 7.28. The molecule has 94 valence electrons. The fraction of sp³-hybridized carbons (Fsp3) is 0.667. The fourth-order valence-corrected chi connectivity index (χ4v) is 2.22. The van der Waals surface area contributed by atoms with Gasteiger partial charge in [-0.3, -0.25) is 4.79 Å². The lowest BCUT2D eigenvalue weighted by Gasteiger charge is -2.15. The third-order valence-electron chi connectivity index (χ3n) is 3.19. The Bertz CT molecular complexity index is 389. The minimum Gasteiger partial charge on any atom is -0.379 e. The molecule has 0 saturated carbocycles. The van der Waals surface area contributed by atoms with Gasteiger partial charge in [0, 0.05) is 25.0 Å². The van der Waals surface area contributed by atoms with Crippen molar-refractivity contribution >= 4 is 5.78 Å². The number of imidazole rings is 1. The van der Waals surface area contributed by atoms with Crippen LogP contribution in [-0.4, -0.2) is 41.6 Å². The highest BCUT2D eigenvalue weighted by Gasteiger charge is 2.35. The monoisotopic (exact) mass is 237 g/mol. The summed E-state index contributed by atoms with van der Waals surface area (Å²) in [5.74, 6) is 0.529. The third kappa shape index (κ3) is 2.40. The molecule has 1 aliphatic heterocycles. The number of ketones is 1. The van der Waals surface area contributed by atoms with Crippen LogP contribution in [0.15, 0.2) is 12.4 Å². The number of ether oxygens (including phenoxy) is 1. The number of likely N-dealkylation sites (N-methyl/N-ethyl adjacent to an activating group) is 1. The Kier molecular flexibility index (Phi) is 3.91. The molecule has 1 N–H and O–H groups in total. The van der Waals surface area contributed by atoms with Crippen LogP contribution in [0.25, 0.3) is 0 Å². The van der Waals surface area contributed by atoms with E-state index in [-0.39, 0.29) is 17.7 Å². The van der Waals surface area contributed by atoms with Crippen LogP contribution in [0.5, 0.6) is 0 Å². The van der Waals surface area contributed by atoms with Crippen LogP contribution in [0, 0.1) is 5.92 Å². The van der Waals surface area contributed by atoms with Crippen molar-refractivity contribution in [3.05, 3.63) is 18.2 Å². The van der Waals surface area contributed by atoms with Crippen LogP contribution < -0.4 is 5.32 Å². The molecule has 1 saturated heterocycles. The van der Waals surface area contributed by atoms with E-state index in [0.717, 1.165) is 13.0 Å². The van der Waals surface area contributed by atoms with Crippen LogP contribution in [0.3, 0.4) is 0 Å². The molecule has 1 aromatic heterocycles. The first-order valence-corrected chi connectivity index (χ1v) is 6.08. The van der Waals surface area contributed by atoms with Gasteiger partial charge in [0.2, 0.25) is 5.78 Å². The lowest BCUT2D eigenvalue weighted by molar-refractivity contribution is 0.0877. The highest BCUT2D eigenvalue weighted by Crippen LogP contribution is 2.18. The molecule has 2 unspecified atom stereocenters. The Hall–Kier alpha value is -1.20. The zero-order chi connectivity index (χ0) is 12.3. The molecule has 0 bridgehead atoms. The number of nitrogens with zero attached hydrogens (tertiary/aromatic N) is 2. The molecule has 5 nitrogen and oxygen atoms in total. The standard InChI is InChI=1S/C12H19N3O2/c1-3-5-15-6-4-14-12(15)11(16)9-7-17-8-10(9)13-2/h4,6,9-10,13H,3,5,7-8H2,1-2H3. The van der Waals surface area contributed by atoms with E-state index in [4.69, 9.17) is 4.74 Å². The lowest BCUT2D eigenvalue weighted by Crippen LogP contribution is -2.37. The van der Waals surface area contributed by atoms with Crippen LogP contribution >= 0.6 is 0 Å². The van der Waals surface area contributed by atoms with Crippen molar-refractivity contribution in [1.82, 2.24) is 14.9 Å². The summed E-state index contributed by atoms with van der Waals surface area (Å²) in [6.07, 6.45) is 4.54. The second-order valence-corrected chi connectivity index (χ2v) is 4.35. The molecule has 0 amide bonds. The van der Waals surface area contributed by atoms with Crippen LogP contribution in [-0.2, 0) is 11.3 Å². The van der Waals surface area contributed by atoms with Crippen molar-refractivity contribution in [3.8, 4) is 0 Å². The molecule has 17 heavy (non-hydrogen) atoms. The van der Waals surface area contributed by atoms with Crippen molar-refractivity contribution in [1.29, 1.82) is 0 Å². The second-order valence-electron chi connectivity index (χ2n) is 4.35. The maximum absolute atomic E-state index is 12.4. The summed E-state index contributed by atoms with van der Waals surface area (Å²) in [6.45, 7) is 4.01. The first kappa shape index (κ1) is 12.3. The molecular formula is C12H19N3O2. The minimum atomic E-state index is -0.113. The number of Topliss-reactive ketones (excluding diaryl/α,β-unsaturated/α-hetero) is 1. The Balaban J connectivity index is 2.15. The smallest absolute Gasteiger partial charge is 0.205 e. The van der Waals surface area contributed by atoms with Crippen molar-refractivity contribution in [2.45, 2.75) is 25.9 Å². The number of hydrogen-bond donors (Lipinski definition) is 1. The maximum Gasteiger partial charge on any atom is 0.205 e. The van der Waals surface area contributed by atoms with E-state index in [1.54, 1.807) is 6.20 Å². The van der Waals surface area contributed by atoms with Crippen molar-refractivity contribution < 1.29 is 9.53 Å². The Morgan fingerprint density at radius 1 is 1.65 bits per heavy atom. The predicted octanol–water partition coefficient (Wildman–Crippen LogP) is 0.710. The molecule has 0 aromatic carbocycles. The number of aromatic nitrogens is 2. The first-order valence-electron chi connectivity index (χ1n) is 6.08. The van der Waals surface area contributed by atoms with Crippen LogP contribution in [0.2, 0.25) is 0 Å². The summed E-state index contributed by atoms with van der Waals surface area (Å²) >= 11 is 0. The van der Waals surface area contributed by atoms with E-state index in [2.05, 4.69) is 17.2 Å². The van der Waals surface area contributed by atoms with E-state index in [9.17, 15) is 4.79 Å². The van der Waals surface area contributed by atoms with E-state index in [1.807, 2.05) is 17.8 Å². The minimum absolute atomic E-state index is 0.0836. The summed E-state index contributed by atoms with van der Waals surface area (Å²) in [7, 11) is 1.86. The van der Waals surface area contributed by atoms with Gasteiger partial charge >= 0.3 is 0 Å². The number of aryl methyl sites for hydroxylation is 1. The highest BCUT2D eigenvalue weighted by molar-refractivity contribution is 5.95. The van der Waals surface area contributed by atoms with Gasteiger partial charge in [-0.05, 0) is 13.5 Å². The molecule has 2 rings (SSSR count). The van der Waals surface area contributed by atoms with Gasteiger partial charge in [0.1, 0.15) is 0 Å². The van der Waals surface area contributed by atoms with E-state index < -0.39 is 0 Å². The number of hydrogen-bond acceptors (Lipinski definition) is 4. The Morgan fingerprint density at radius 2 is 2.47 bits per heavy atom. The molecule has 5 heteroatoms. The summed E-state index contributed by atoms with van der Waals surface area (Å²) in [5.41, 5.74) is 0. The van der Waals surface area contributed by atoms with Crippen molar-refractivity contribution in [3.63, 3.8) is 0 Å². The largest absolute Gasteiger partial charge is 0.379 e.